The van der Waals surface area contributed by atoms with Crippen molar-refractivity contribution < 1.29 is 19.1 Å². The predicted octanol–water partition coefficient (Wildman–Crippen LogP) is 0.438. The second-order valence-electron chi connectivity index (χ2n) is 6.72. The zero-order chi connectivity index (χ0) is 17.9. The fourth-order valence-electron chi connectivity index (χ4n) is 3.41. The number of anilines is 1. The molecule has 0 aromatic heterocycles. The molecule has 3 rings (SSSR count). The zero-order valence-electron chi connectivity index (χ0n) is 14.1. The number of nitrogens with two attached hydrogens (primary N) is 1. The molecular weight excluding hydrogens is 322 g/mol. The van der Waals surface area contributed by atoms with Gasteiger partial charge < -0.3 is 20.7 Å². The Labute approximate surface area is 146 Å². The monoisotopic (exact) mass is 345 g/mol. The van der Waals surface area contributed by atoms with E-state index in [0.29, 0.717) is 32.6 Å². The molecule has 1 atom stereocenters. The number of carbonyl (C=O) groups excluding carboxylic acids is 3. The third kappa shape index (κ3) is 3.66. The highest BCUT2D eigenvalue weighted by Crippen LogP contribution is 2.30. The number of para-hydroxylation sites is 1. The Bertz CT molecular complexity index is 656. The van der Waals surface area contributed by atoms with Gasteiger partial charge in [-0.05, 0) is 25.0 Å². The second-order valence-corrected chi connectivity index (χ2v) is 6.72. The molecule has 1 aromatic carbocycles. The molecule has 0 spiro atoms. The summed E-state index contributed by atoms with van der Waals surface area (Å²) in [5.41, 5.74) is 5.59. The predicted molar refractivity (Wildman–Crippen MR) is 91.6 cm³/mol. The summed E-state index contributed by atoms with van der Waals surface area (Å²) >= 11 is 0. The van der Waals surface area contributed by atoms with Crippen LogP contribution in [0.1, 0.15) is 19.3 Å². The lowest BCUT2D eigenvalue weighted by Gasteiger charge is -2.34. The molecule has 1 aromatic rings. The van der Waals surface area contributed by atoms with Crippen LogP contribution < -0.4 is 16.0 Å². The summed E-state index contributed by atoms with van der Waals surface area (Å²) in [6.07, 6.45) is 1.18. The molecule has 0 aliphatic carbocycles. The number of carbonyl (C=O) groups is 3. The molecule has 2 heterocycles. The van der Waals surface area contributed by atoms with Crippen molar-refractivity contribution >= 4 is 23.4 Å². The molecule has 1 unspecified atom stereocenters. The number of hydrogen-bond donors (Lipinski definition) is 2. The van der Waals surface area contributed by atoms with Gasteiger partial charge in [0.1, 0.15) is 0 Å². The van der Waals surface area contributed by atoms with Gasteiger partial charge in [0, 0.05) is 38.4 Å². The van der Waals surface area contributed by atoms with Gasteiger partial charge in [0.05, 0.1) is 11.3 Å². The van der Waals surface area contributed by atoms with Crippen LogP contribution in [0.2, 0.25) is 0 Å². The van der Waals surface area contributed by atoms with Gasteiger partial charge in [-0.15, -0.1) is 0 Å². The van der Waals surface area contributed by atoms with Crippen molar-refractivity contribution in [3.8, 4) is 0 Å². The first-order chi connectivity index (χ1) is 12.0. The molecule has 2 aliphatic heterocycles. The van der Waals surface area contributed by atoms with E-state index in [1.165, 1.54) is 0 Å². The number of primary amides is 1. The molecule has 7 nitrogen and oxygen atoms in total. The van der Waals surface area contributed by atoms with Crippen molar-refractivity contribution in [2.45, 2.75) is 19.3 Å². The van der Waals surface area contributed by atoms with E-state index in [1.807, 2.05) is 30.3 Å². The van der Waals surface area contributed by atoms with Crippen LogP contribution in [-0.2, 0) is 19.1 Å². The number of nitrogens with zero attached hydrogens (tertiary/aromatic N) is 1. The lowest BCUT2D eigenvalue weighted by Crippen LogP contribution is -2.50. The highest BCUT2D eigenvalue weighted by Gasteiger charge is 2.40. The van der Waals surface area contributed by atoms with Crippen LogP contribution in [0, 0.1) is 11.3 Å². The minimum absolute atomic E-state index is 0.0676. The molecule has 25 heavy (non-hydrogen) atoms. The first kappa shape index (κ1) is 17.4. The third-order valence-corrected chi connectivity index (χ3v) is 5.14. The number of benzene rings is 1. The third-order valence-electron chi connectivity index (χ3n) is 5.14. The van der Waals surface area contributed by atoms with E-state index in [4.69, 9.17) is 10.5 Å². The maximum atomic E-state index is 12.5. The van der Waals surface area contributed by atoms with E-state index in [9.17, 15) is 14.4 Å². The molecule has 3 amide bonds. The molecule has 2 aliphatic rings. The van der Waals surface area contributed by atoms with Gasteiger partial charge >= 0.3 is 0 Å². The van der Waals surface area contributed by atoms with Crippen LogP contribution >= 0.6 is 0 Å². The van der Waals surface area contributed by atoms with Crippen molar-refractivity contribution in [2.24, 2.45) is 17.1 Å². The highest BCUT2D eigenvalue weighted by molar-refractivity contribution is 6.00. The number of nitrogens with one attached hydrogen (secondary N) is 1. The second kappa shape index (κ2) is 7.23. The molecule has 0 bridgehead atoms. The fraction of sp³-hybridized carbons (Fsp3) is 0.500. The van der Waals surface area contributed by atoms with Crippen LogP contribution in [0.15, 0.2) is 30.3 Å². The number of ether oxygens (including phenoxy) is 1. The fourth-order valence-corrected chi connectivity index (χ4v) is 3.41. The minimum atomic E-state index is -0.754. The van der Waals surface area contributed by atoms with E-state index in [0.717, 1.165) is 5.69 Å². The standard InChI is InChI=1S/C18H23N3O4/c19-17(24)18(6-8-25-9-7-18)12-20-16(23)13-10-15(22)21(11-13)14-4-2-1-3-5-14/h1-5,13H,6-12H2,(H2,19,24)(H,20,23). The van der Waals surface area contributed by atoms with E-state index in [1.54, 1.807) is 4.90 Å². The summed E-state index contributed by atoms with van der Waals surface area (Å²) in [7, 11) is 0. The molecule has 2 fully saturated rings. The Hall–Kier alpha value is -2.41. The van der Waals surface area contributed by atoms with Gasteiger partial charge in [-0.1, -0.05) is 18.2 Å². The SMILES string of the molecule is NC(=O)C1(CNC(=O)C2CC(=O)N(c3ccccc3)C2)CCOCC1. The van der Waals surface area contributed by atoms with Gasteiger partial charge in [0.25, 0.3) is 0 Å². The van der Waals surface area contributed by atoms with Crippen molar-refractivity contribution in [3.05, 3.63) is 30.3 Å². The average molecular weight is 345 g/mol. The van der Waals surface area contributed by atoms with Crippen LogP contribution in [-0.4, -0.2) is 44.0 Å². The number of rotatable bonds is 5. The largest absolute Gasteiger partial charge is 0.381 e. The molecule has 134 valence electrons. The summed E-state index contributed by atoms with van der Waals surface area (Å²) in [6.45, 7) is 1.47. The summed E-state index contributed by atoms with van der Waals surface area (Å²) in [4.78, 5) is 38.2. The van der Waals surface area contributed by atoms with E-state index in [2.05, 4.69) is 5.32 Å². The molecule has 2 saturated heterocycles. The highest BCUT2D eigenvalue weighted by atomic mass is 16.5. The lowest BCUT2D eigenvalue weighted by atomic mass is 9.79. The quantitative estimate of drug-likeness (QED) is 0.808. The molecule has 0 radical (unpaired) electrons. The van der Waals surface area contributed by atoms with Crippen LogP contribution in [0.5, 0.6) is 0 Å². The van der Waals surface area contributed by atoms with Gasteiger partial charge in [0.2, 0.25) is 17.7 Å². The Kier molecular flexibility index (Phi) is 5.03. The number of hydrogen-bond acceptors (Lipinski definition) is 4. The van der Waals surface area contributed by atoms with E-state index < -0.39 is 17.2 Å². The minimum Gasteiger partial charge on any atom is -0.381 e. The summed E-state index contributed by atoms with van der Waals surface area (Å²) in [6, 6.07) is 9.30. The van der Waals surface area contributed by atoms with Crippen molar-refractivity contribution in [2.75, 3.05) is 31.2 Å². The molecule has 0 saturated carbocycles. The van der Waals surface area contributed by atoms with E-state index >= 15 is 0 Å². The Morgan fingerprint density at radius 2 is 1.92 bits per heavy atom. The van der Waals surface area contributed by atoms with Crippen LogP contribution in [0.25, 0.3) is 0 Å². The maximum absolute atomic E-state index is 12.5. The van der Waals surface area contributed by atoms with E-state index in [-0.39, 0.29) is 24.8 Å². The molecule has 3 N–H and O–H groups in total. The Balaban J connectivity index is 1.60. The Morgan fingerprint density at radius 1 is 1.24 bits per heavy atom. The first-order valence-electron chi connectivity index (χ1n) is 8.53. The van der Waals surface area contributed by atoms with Crippen molar-refractivity contribution in [1.29, 1.82) is 0 Å². The van der Waals surface area contributed by atoms with Crippen molar-refractivity contribution in [3.63, 3.8) is 0 Å². The normalized spacial score (nSPS) is 22.6. The van der Waals surface area contributed by atoms with Crippen LogP contribution in [0.3, 0.4) is 0 Å². The van der Waals surface area contributed by atoms with Gasteiger partial charge in [-0.25, -0.2) is 0 Å². The number of amides is 3. The van der Waals surface area contributed by atoms with Gasteiger partial charge in [-0.2, -0.15) is 0 Å². The van der Waals surface area contributed by atoms with Crippen molar-refractivity contribution in [1.82, 2.24) is 5.32 Å². The molecular formula is C18H23N3O4. The van der Waals surface area contributed by atoms with Gasteiger partial charge in [-0.3, -0.25) is 14.4 Å². The molecule has 7 heteroatoms. The topological polar surface area (TPSA) is 102 Å². The van der Waals surface area contributed by atoms with Crippen LogP contribution in [0.4, 0.5) is 5.69 Å². The average Bonchev–Trinajstić information content (AvgIpc) is 3.03. The smallest absolute Gasteiger partial charge is 0.227 e. The van der Waals surface area contributed by atoms with Gasteiger partial charge in [0.15, 0.2) is 0 Å². The first-order valence-corrected chi connectivity index (χ1v) is 8.53. The Morgan fingerprint density at radius 3 is 2.56 bits per heavy atom. The zero-order valence-corrected chi connectivity index (χ0v) is 14.1. The maximum Gasteiger partial charge on any atom is 0.227 e. The summed E-state index contributed by atoms with van der Waals surface area (Å²) in [5, 5.41) is 2.83. The summed E-state index contributed by atoms with van der Waals surface area (Å²) < 4.78 is 5.29. The summed E-state index contributed by atoms with van der Waals surface area (Å²) in [5.74, 6) is -1.11. The lowest BCUT2D eigenvalue weighted by molar-refractivity contribution is -0.134.